The summed E-state index contributed by atoms with van der Waals surface area (Å²) in [6.07, 6.45) is 5.88. The zero-order valence-corrected chi connectivity index (χ0v) is 15.1. The Hall–Kier alpha value is -3.41. The molecule has 6 heteroatoms. The number of benzene rings is 1. The Balaban J connectivity index is 1.41. The van der Waals surface area contributed by atoms with Gasteiger partial charge in [0.2, 0.25) is 11.8 Å². The number of nitrogens with one attached hydrogen (secondary N) is 1. The van der Waals surface area contributed by atoms with Gasteiger partial charge in [-0.3, -0.25) is 9.78 Å². The first-order chi connectivity index (χ1) is 13.2. The molecule has 0 saturated heterocycles. The summed E-state index contributed by atoms with van der Waals surface area (Å²) in [5, 5.41) is 2.81. The van der Waals surface area contributed by atoms with Gasteiger partial charge < -0.3 is 14.8 Å². The van der Waals surface area contributed by atoms with E-state index in [-0.39, 0.29) is 5.91 Å². The SMILES string of the molecule is Cc1ccc(Oc2ccc(NC(=O)CCCOc3cccnc3)cn2)cc1. The number of aromatic nitrogens is 2. The predicted molar refractivity (Wildman–Crippen MR) is 103 cm³/mol. The summed E-state index contributed by atoms with van der Waals surface area (Å²) < 4.78 is 11.2. The van der Waals surface area contributed by atoms with Gasteiger partial charge in [-0.2, -0.15) is 0 Å². The first-order valence-electron chi connectivity index (χ1n) is 8.72. The minimum Gasteiger partial charge on any atom is -0.492 e. The van der Waals surface area contributed by atoms with Crippen LogP contribution in [-0.2, 0) is 4.79 Å². The van der Waals surface area contributed by atoms with Crippen molar-refractivity contribution in [1.82, 2.24) is 9.97 Å². The number of nitrogens with zero attached hydrogens (tertiary/aromatic N) is 2. The molecule has 0 unspecified atom stereocenters. The van der Waals surface area contributed by atoms with Crippen LogP contribution in [0.1, 0.15) is 18.4 Å². The molecule has 0 aliphatic heterocycles. The van der Waals surface area contributed by atoms with Crippen molar-refractivity contribution in [3.63, 3.8) is 0 Å². The summed E-state index contributed by atoms with van der Waals surface area (Å²) >= 11 is 0. The van der Waals surface area contributed by atoms with Crippen LogP contribution in [0.4, 0.5) is 5.69 Å². The normalized spacial score (nSPS) is 10.3. The van der Waals surface area contributed by atoms with Gasteiger partial charge in [0.25, 0.3) is 0 Å². The van der Waals surface area contributed by atoms with Gasteiger partial charge in [-0.15, -0.1) is 0 Å². The fraction of sp³-hybridized carbons (Fsp3) is 0.190. The minimum absolute atomic E-state index is 0.0845. The molecule has 1 aromatic carbocycles. The molecule has 1 amide bonds. The number of pyridine rings is 2. The molecular weight excluding hydrogens is 342 g/mol. The molecular formula is C21H21N3O3. The van der Waals surface area contributed by atoms with Gasteiger partial charge in [-0.25, -0.2) is 4.98 Å². The lowest BCUT2D eigenvalue weighted by Crippen LogP contribution is -2.13. The lowest BCUT2D eigenvalue weighted by molar-refractivity contribution is -0.116. The van der Waals surface area contributed by atoms with Gasteiger partial charge in [0.15, 0.2) is 0 Å². The molecule has 0 fully saturated rings. The highest BCUT2D eigenvalue weighted by Crippen LogP contribution is 2.20. The summed E-state index contributed by atoms with van der Waals surface area (Å²) in [4.78, 5) is 20.2. The molecule has 2 heterocycles. The van der Waals surface area contributed by atoms with E-state index >= 15 is 0 Å². The molecule has 0 saturated carbocycles. The number of anilines is 1. The Morgan fingerprint density at radius 1 is 1.04 bits per heavy atom. The molecule has 2 aromatic heterocycles. The van der Waals surface area contributed by atoms with Gasteiger partial charge in [0.1, 0.15) is 11.5 Å². The Kier molecular flexibility index (Phi) is 6.35. The Labute approximate surface area is 158 Å². The average molecular weight is 363 g/mol. The second-order valence-corrected chi connectivity index (χ2v) is 5.99. The first kappa shape index (κ1) is 18.4. The van der Waals surface area contributed by atoms with Crippen LogP contribution >= 0.6 is 0 Å². The van der Waals surface area contributed by atoms with E-state index in [9.17, 15) is 4.79 Å². The Morgan fingerprint density at radius 3 is 2.59 bits per heavy atom. The predicted octanol–water partition coefficient (Wildman–Crippen LogP) is 4.38. The summed E-state index contributed by atoms with van der Waals surface area (Å²) in [6, 6.07) is 14.9. The van der Waals surface area contributed by atoms with Gasteiger partial charge >= 0.3 is 0 Å². The molecule has 0 atom stereocenters. The van der Waals surface area contributed by atoms with Crippen LogP contribution in [0.15, 0.2) is 67.1 Å². The van der Waals surface area contributed by atoms with Gasteiger partial charge in [0.05, 0.1) is 24.7 Å². The van der Waals surface area contributed by atoms with E-state index in [0.29, 0.717) is 36.8 Å². The molecule has 3 rings (SSSR count). The van der Waals surface area contributed by atoms with Crippen molar-refractivity contribution in [2.45, 2.75) is 19.8 Å². The molecule has 0 spiro atoms. The molecule has 3 aromatic rings. The maximum atomic E-state index is 12.0. The van der Waals surface area contributed by atoms with Crippen molar-refractivity contribution in [2.24, 2.45) is 0 Å². The van der Waals surface area contributed by atoms with Crippen LogP contribution in [0.25, 0.3) is 0 Å². The maximum Gasteiger partial charge on any atom is 0.224 e. The Morgan fingerprint density at radius 2 is 1.89 bits per heavy atom. The fourth-order valence-corrected chi connectivity index (χ4v) is 2.32. The van der Waals surface area contributed by atoms with Crippen LogP contribution in [0.5, 0.6) is 17.4 Å². The van der Waals surface area contributed by atoms with E-state index in [4.69, 9.17) is 9.47 Å². The van der Waals surface area contributed by atoms with Crippen LogP contribution in [0.3, 0.4) is 0 Å². The number of hydrogen-bond donors (Lipinski definition) is 1. The van der Waals surface area contributed by atoms with Crippen LogP contribution in [0, 0.1) is 6.92 Å². The largest absolute Gasteiger partial charge is 0.492 e. The fourth-order valence-electron chi connectivity index (χ4n) is 2.32. The van der Waals surface area contributed by atoms with Gasteiger partial charge in [0, 0.05) is 18.7 Å². The van der Waals surface area contributed by atoms with Gasteiger partial charge in [-0.05, 0) is 43.7 Å². The molecule has 27 heavy (non-hydrogen) atoms. The van der Waals surface area contributed by atoms with Crippen LogP contribution in [0.2, 0.25) is 0 Å². The molecule has 0 bridgehead atoms. The quantitative estimate of drug-likeness (QED) is 0.602. The summed E-state index contributed by atoms with van der Waals surface area (Å²) in [7, 11) is 0. The van der Waals surface area contributed by atoms with Gasteiger partial charge in [-0.1, -0.05) is 17.7 Å². The second kappa shape index (κ2) is 9.33. The number of ether oxygens (including phenoxy) is 2. The maximum absolute atomic E-state index is 12.0. The topological polar surface area (TPSA) is 73.3 Å². The summed E-state index contributed by atoms with van der Waals surface area (Å²) in [5.41, 5.74) is 1.80. The zero-order chi connectivity index (χ0) is 18.9. The van der Waals surface area contributed by atoms with Crippen LogP contribution < -0.4 is 14.8 Å². The third-order valence-corrected chi connectivity index (χ3v) is 3.71. The average Bonchev–Trinajstić information content (AvgIpc) is 2.69. The first-order valence-corrected chi connectivity index (χ1v) is 8.72. The number of carbonyl (C=O) groups is 1. The highest BCUT2D eigenvalue weighted by molar-refractivity contribution is 5.90. The molecule has 6 nitrogen and oxygen atoms in total. The summed E-state index contributed by atoms with van der Waals surface area (Å²) in [5.74, 6) is 1.81. The Bertz CT molecular complexity index is 850. The van der Waals surface area contributed by atoms with Crippen molar-refractivity contribution in [3.8, 4) is 17.4 Å². The number of amides is 1. The molecule has 0 radical (unpaired) electrons. The monoisotopic (exact) mass is 363 g/mol. The lowest BCUT2D eigenvalue weighted by atomic mass is 10.2. The molecule has 0 aliphatic carbocycles. The van der Waals surface area contributed by atoms with E-state index in [2.05, 4.69) is 15.3 Å². The van der Waals surface area contributed by atoms with E-state index in [1.165, 1.54) is 5.56 Å². The van der Waals surface area contributed by atoms with E-state index in [0.717, 1.165) is 5.75 Å². The summed E-state index contributed by atoms with van der Waals surface area (Å²) in [6.45, 7) is 2.48. The van der Waals surface area contributed by atoms with E-state index in [1.807, 2.05) is 37.3 Å². The number of rotatable bonds is 8. The minimum atomic E-state index is -0.0845. The van der Waals surface area contributed by atoms with Crippen molar-refractivity contribution >= 4 is 11.6 Å². The van der Waals surface area contributed by atoms with Crippen LogP contribution in [-0.4, -0.2) is 22.5 Å². The van der Waals surface area contributed by atoms with E-state index < -0.39 is 0 Å². The molecule has 0 aliphatic rings. The van der Waals surface area contributed by atoms with Crippen molar-refractivity contribution in [1.29, 1.82) is 0 Å². The number of hydrogen-bond acceptors (Lipinski definition) is 5. The number of carbonyl (C=O) groups excluding carboxylic acids is 1. The van der Waals surface area contributed by atoms with Crippen molar-refractivity contribution < 1.29 is 14.3 Å². The zero-order valence-electron chi connectivity index (χ0n) is 15.1. The second-order valence-electron chi connectivity index (χ2n) is 5.99. The third kappa shape index (κ3) is 6.11. The standard InChI is InChI=1S/C21H21N3O3/c1-16-6-9-18(10-7-16)27-21-11-8-17(14-23-21)24-20(25)5-3-13-26-19-4-2-12-22-15-19/h2,4,6-12,14-15H,3,5,13H2,1H3,(H,24,25). The van der Waals surface area contributed by atoms with Crippen molar-refractivity contribution in [2.75, 3.05) is 11.9 Å². The molecule has 1 N–H and O–H groups in total. The lowest BCUT2D eigenvalue weighted by Gasteiger charge is -2.08. The smallest absolute Gasteiger partial charge is 0.224 e. The van der Waals surface area contributed by atoms with Crippen molar-refractivity contribution in [3.05, 3.63) is 72.7 Å². The highest BCUT2D eigenvalue weighted by atomic mass is 16.5. The third-order valence-electron chi connectivity index (χ3n) is 3.71. The van der Waals surface area contributed by atoms with E-state index in [1.54, 1.807) is 36.8 Å². The highest BCUT2D eigenvalue weighted by Gasteiger charge is 2.04. The number of aryl methyl sites for hydroxylation is 1. The molecule has 138 valence electrons.